The molecule has 0 fully saturated rings. The lowest BCUT2D eigenvalue weighted by Crippen LogP contribution is -2.01. The second-order valence-electron chi connectivity index (χ2n) is 7.04. The maximum absolute atomic E-state index is 6.19. The van der Waals surface area contributed by atoms with E-state index in [0.29, 0.717) is 0 Å². The van der Waals surface area contributed by atoms with Crippen molar-refractivity contribution in [2.75, 3.05) is 0 Å². The van der Waals surface area contributed by atoms with Gasteiger partial charge in [-0.25, -0.2) is 0 Å². The summed E-state index contributed by atoms with van der Waals surface area (Å²) in [4.78, 5) is 4.67. The third-order valence-electron chi connectivity index (χ3n) is 5.08. The summed E-state index contributed by atoms with van der Waals surface area (Å²) in [5.41, 5.74) is 8.28. The van der Waals surface area contributed by atoms with Crippen molar-refractivity contribution < 1.29 is 0 Å². The van der Waals surface area contributed by atoms with E-state index in [0.717, 1.165) is 22.7 Å². The predicted molar refractivity (Wildman–Crippen MR) is 123 cm³/mol. The Labute approximate surface area is 177 Å². The molecule has 0 unspecified atom stereocenters. The zero-order valence-electron chi connectivity index (χ0n) is 16.3. The molecular formula is C27H22ClN. The molecule has 29 heavy (non-hydrogen) atoms. The average Bonchev–Trinajstić information content (AvgIpc) is 2.77. The first-order valence-electron chi connectivity index (χ1n) is 9.73. The van der Waals surface area contributed by atoms with Crippen molar-refractivity contribution in [1.29, 1.82) is 0 Å². The van der Waals surface area contributed by atoms with Crippen molar-refractivity contribution >= 4 is 22.7 Å². The van der Waals surface area contributed by atoms with Crippen LogP contribution in [-0.2, 0) is 6.42 Å². The highest BCUT2D eigenvalue weighted by Gasteiger charge is 2.16. The number of hydrogen-bond acceptors (Lipinski definition) is 1. The van der Waals surface area contributed by atoms with Crippen molar-refractivity contribution in [3.8, 4) is 0 Å². The van der Waals surface area contributed by atoms with Crippen molar-refractivity contribution in [1.82, 2.24) is 4.98 Å². The molecule has 0 amide bonds. The van der Waals surface area contributed by atoms with Crippen molar-refractivity contribution in [2.45, 2.75) is 13.3 Å². The van der Waals surface area contributed by atoms with E-state index in [1.54, 1.807) is 0 Å². The van der Waals surface area contributed by atoms with Gasteiger partial charge in [0.25, 0.3) is 0 Å². The van der Waals surface area contributed by atoms with E-state index in [2.05, 4.69) is 90.8 Å². The molecule has 142 valence electrons. The molecule has 4 rings (SSSR count). The van der Waals surface area contributed by atoms with Gasteiger partial charge < -0.3 is 0 Å². The van der Waals surface area contributed by atoms with E-state index >= 15 is 0 Å². The zero-order valence-corrected chi connectivity index (χ0v) is 17.1. The lowest BCUT2D eigenvalue weighted by atomic mass is 9.86. The van der Waals surface area contributed by atoms with E-state index in [4.69, 9.17) is 11.6 Å². The fraction of sp³-hybridized carbons (Fsp3) is 0.0741. The molecule has 0 atom stereocenters. The lowest BCUT2D eigenvalue weighted by molar-refractivity contribution is 1.08. The summed E-state index contributed by atoms with van der Waals surface area (Å²) >= 11 is 6.19. The van der Waals surface area contributed by atoms with E-state index in [1.807, 2.05) is 24.4 Å². The molecule has 0 aliphatic rings. The van der Waals surface area contributed by atoms with E-state index in [9.17, 15) is 0 Å². The normalized spacial score (nSPS) is 10.6. The number of pyridine rings is 1. The van der Waals surface area contributed by atoms with Crippen LogP contribution in [-0.4, -0.2) is 4.98 Å². The van der Waals surface area contributed by atoms with Crippen LogP contribution in [0.4, 0.5) is 0 Å². The summed E-state index contributed by atoms with van der Waals surface area (Å²) in [6, 6.07) is 33.3. The fourth-order valence-corrected chi connectivity index (χ4v) is 3.71. The SMILES string of the molecule is Cc1cccnc1CC(=C(c1ccccc1)c1ccccc1)c1ccc(Cl)cc1. The molecule has 0 aliphatic carbocycles. The molecule has 0 radical (unpaired) electrons. The average molecular weight is 396 g/mol. The first kappa shape index (κ1) is 19.2. The Morgan fingerprint density at radius 1 is 0.690 bits per heavy atom. The molecule has 0 bridgehead atoms. The Bertz CT molecular complexity index is 1070. The van der Waals surface area contributed by atoms with E-state index in [-0.39, 0.29) is 0 Å². The van der Waals surface area contributed by atoms with Crippen LogP contribution in [0.3, 0.4) is 0 Å². The van der Waals surface area contributed by atoms with Crippen LogP contribution in [0.15, 0.2) is 103 Å². The van der Waals surface area contributed by atoms with Gasteiger partial charge in [-0.1, -0.05) is 90.5 Å². The number of benzene rings is 3. The fourth-order valence-electron chi connectivity index (χ4n) is 3.58. The van der Waals surface area contributed by atoms with Crippen LogP contribution in [0.2, 0.25) is 5.02 Å². The molecule has 1 heterocycles. The van der Waals surface area contributed by atoms with Crippen LogP contribution in [0.5, 0.6) is 0 Å². The van der Waals surface area contributed by atoms with E-state index < -0.39 is 0 Å². The number of hydrogen-bond donors (Lipinski definition) is 0. The number of halogens is 1. The topological polar surface area (TPSA) is 12.9 Å². The highest BCUT2D eigenvalue weighted by atomic mass is 35.5. The molecule has 0 spiro atoms. The van der Waals surface area contributed by atoms with Gasteiger partial charge in [-0.3, -0.25) is 4.98 Å². The zero-order chi connectivity index (χ0) is 20.1. The molecule has 4 aromatic rings. The molecular weight excluding hydrogens is 374 g/mol. The molecule has 0 aliphatic heterocycles. The number of nitrogens with zero attached hydrogens (tertiary/aromatic N) is 1. The van der Waals surface area contributed by atoms with Gasteiger partial charge in [0.05, 0.1) is 0 Å². The minimum Gasteiger partial charge on any atom is -0.261 e. The Balaban J connectivity index is 1.99. The summed E-state index contributed by atoms with van der Waals surface area (Å²) < 4.78 is 0. The maximum atomic E-state index is 6.19. The molecule has 3 aromatic carbocycles. The van der Waals surface area contributed by atoms with Gasteiger partial charge in [-0.15, -0.1) is 0 Å². The van der Waals surface area contributed by atoms with Crippen LogP contribution < -0.4 is 0 Å². The molecule has 0 saturated carbocycles. The van der Waals surface area contributed by atoms with Gasteiger partial charge >= 0.3 is 0 Å². The molecule has 1 aromatic heterocycles. The van der Waals surface area contributed by atoms with Gasteiger partial charge in [0.1, 0.15) is 0 Å². The van der Waals surface area contributed by atoms with Crippen molar-refractivity contribution in [3.05, 3.63) is 136 Å². The minimum atomic E-state index is 0.739. The number of allylic oxidation sites excluding steroid dienone is 1. The Hall–Kier alpha value is -3.16. The monoisotopic (exact) mass is 395 g/mol. The number of aromatic nitrogens is 1. The first-order chi connectivity index (χ1) is 14.2. The number of aryl methyl sites for hydroxylation is 1. The van der Waals surface area contributed by atoms with Gasteiger partial charge in [-0.2, -0.15) is 0 Å². The Morgan fingerprint density at radius 2 is 1.28 bits per heavy atom. The molecule has 0 N–H and O–H groups in total. The van der Waals surface area contributed by atoms with E-state index in [1.165, 1.54) is 27.8 Å². The van der Waals surface area contributed by atoms with Crippen LogP contribution in [0, 0.1) is 6.92 Å². The lowest BCUT2D eigenvalue weighted by Gasteiger charge is -2.18. The van der Waals surface area contributed by atoms with Gasteiger partial charge in [0.15, 0.2) is 0 Å². The maximum Gasteiger partial charge on any atom is 0.0476 e. The quantitative estimate of drug-likeness (QED) is 0.324. The van der Waals surface area contributed by atoms with Crippen LogP contribution in [0.25, 0.3) is 11.1 Å². The second-order valence-corrected chi connectivity index (χ2v) is 7.47. The third-order valence-corrected chi connectivity index (χ3v) is 5.33. The van der Waals surface area contributed by atoms with Crippen LogP contribution in [0.1, 0.15) is 27.9 Å². The largest absolute Gasteiger partial charge is 0.261 e. The number of rotatable bonds is 5. The summed E-state index contributed by atoms with van der Waals surface area (Å²) in [7, 11) is 0. The second kappa shape index (κ2) is 8.89. The summed E-state index contributed by atoms with van der Waals surface area (Å²) in [5, 5.41) is 0.739. The van der Waals surface area contributed by atoms with Crippen LogP contribution >= 0.6 is 11.6 Å². The van der Waals surface area contributed by atoms with Gasteiger partial charge in [-0.05, 0) is 58.5 Å². The first-order valence-corrected chi connectivity index (χ1v) is 10.1. The van der Waals surface area contributed by atoms with Gasteiger partial charge in [0.2, 0.25) is 0 Å². The molecule has 2 heteroatoms. The summed E-state index contributed by atoms with van der Waals surface area (Å²) in [6.45, 7) is 2.12. The van der Waals surface area contributed by atoms with Crippen molar-refractivity contribution in [2.24, 2.45) is 0 Å². The molecule has 0 saturated heterocycles. The highest BCUT2D eigenvalue weighted by molar-refractivity contribution is 6.30. The Kier molecular flexibility index (Phi) is 5.88. The van der Waals surface area contributed by atoms with Crippen molar-refractivity contribution in [3.63, 3.8) is 0 Å². The third kappa shape index (κ3) is 4.47. The standard InChI is InChI=1S/C27H22ClN/c1-20-9-8-18-29-26(20)19-25(21-14-16-24(28)17-15-21)27(22-10-4-2-5-11-22)23-12-6-3-7-13-23/h2-18H,19H2,1H3. The highest BCUT2D eigenvalue weighted by Crippen LogP contribution is 2.35. The minimum absolute atomic E-state index is 0.739. The summed E-state index contributed by atoms with van der Waals surface area (Å²) in [5.74, 6) is 0. The summed E-state index contributed by atoms with van der Waals surface area (Å²) in [6.07, 6.45) is 2.61. The molecule has 1 nitrogen and oxygen atoms in total. The predicted octanol–water partition coefficient (Wildman–Crippen LogP) is 7.25. The Morgan fingerprint density at radius 3 is 1.83 bits per heavy atom. The van der Waals surface area contributed by atoms with Gasteiger partial charge in [0, 0.05) is 23.3 Å². The smallest absolute Gasteiger partial charge is 0.0476 e.